The van der Waals surface area contributed by atoms with Gasteiger partial charge < -0.3 is 9.30 Å². The summed E-state index contributed by atoms with van der Waals surface area (Å²) < 4.78 is 7.66. The van der Waals surface area contributed by atoms with E-state index in [1.807, 2.05) is 0 Å². The average Bonchev–Trinajstić information content (AvgIpc) is 2.59. The van der Waals surface area contributed by atoms with Gasteiger partial charge in [0.2, 0.25) is 0 Å². The zero-order valence-corrected chi connectivity index (χ0v) is 9.45. The zero-order valence-electron chi connectivity index (χ0n) is 7.86. The predicted molar refractivity (Wildman–Crippen MR) is 53.8 cm³/mol. The van der Waals surface area contributed by atoms with Gasteiger partial charge in [0.25, 0.3) is 0 Å². The lowest BCUT2D eigenvalue weighted by molar-refractivity contribution is -0.146. The Bertz CT molecular complexity index is 362. The van der Waals surface area contributed by atoms with Crippen LogP contribution in [0.25, 0.3) is 0 Å². The van der Waals surface area contributed by atoms with Crippen LogP contribution in [0.2, 0.25) is 0 Å². The van der Waals surface area contributed by atoms with E-state index in [9.17, 15) is 4.79 Å². The van der Waals surface area contributed by atoms with Crippen molar-refractivity contribution in [3.05, 3.63) is 16.6 Å². The minimum absolute atomic E-state index is 0.00361. The Morgan fingerprint density at radius 2 is 2.57 bits per heavy atom. The molecule has 1 aliphatic heterocycles. The van der Waals surface area contributed by atoms with Crippen molar-refractivity contribution in [2.45, 2.75) is 19.4 Å². The first-order valence-corrected chi connectivity index (χ1v) is 5.29. The molecule has 0 spiro atoms. The minimum Gasteiger partial charge on any atom is -0.469 e. The van der Waals surface area contributed by atoms with Gasteiger partial charge in [-0.15, -0.1) is 0 Å². The molecule has 76 valence electrons. The molecular formula is C9H11BrN2O2. The van der Waals surface area contributed by atoms with E-state index in [1.54, 1.807) is 6.20 Å². The summed E-state index contributed by atoms with van der Waals surface area (Å²) in [5, 5.41) is 0. The smallest absolute Gasteiger partial charge is 0.309 e. The summed E-state index contributed by atoms with van der Waals surface area (Å²) >= 11 is 3.36. The van der Waals surface area contributed by atoms with Crippen LogP contribution in [-0.4, -0.2) is 22.6 Å². The van der Waals surface area contributed by atoms with E-state index in [0.717, 1.165) is 29.8 Å². The minimum atomic E-state index is -0.117. The Morgan fingerprint density at radius 1 is 1.79 bits per heavy atom. The fourth-order valence-electron chi connectivity index (χ4n) is 1.79. The monoisotopic (exact) mass is 258 g/mol. The van der Waals surface area contributed by atoms with Gasteiger partial charge in [-0.05, 0) is 22.4 Å². The fourth-order valence-corrected chi connectivity index (χ4v) is 2.30. The predicted octanol–water partition coefficient (Wildman–Crippen LogP) is 1.38. The van der Waals surface area contributed by atoms with Gasteiger partial charge in [-0.3, -0.25) is 4.79 Å². The summed E-state index contributed by atoms with van der Waals surface area (Å²) in [6, 6.07) is 0. The molecule has 1 unspecified atom stereocenters. The van der Waals surface area contributed by atoms with Crippen LogP contribution in [0.4, 0.5) is 0 Å². The van der Waals surface area contributed by atoms with Gasteiger partial charge in [0, 0.05) is 24.9 Å². The highest BCUT2D eigenvalue weighted by molar-refractivity contribution is 9.10. The number of ether oxygens (including phenoxy) is 1. The Morgan fingerprint density at radius 3 is 3.29 bits per heavy atom. The second kappa shape index (κ2) is 3.73. The van der Waals surface area contributed by atoms with Gasteiger partial charge in [0.15, 0.2) is 4.73 Å². The van der Waals surface area contributed by atoms with E-state index in [0.29, 0.717) is 0 Å². The number of aromatic nitrogens is 2. The van der Waals surface area contributed by atoms with Crippen LogP contribution in [0.15, 0.2) is 10.9 Å². The lowest BCUT2D eigenvalue weighted by Gasteiger charge is -2.21. The topological polar surface area (TPSA) is 44.1 Å². The number of fused-ring (bicyclic) bond motifs is 1. The average molecular weight is 259 g/mol. The van der Waals surface area contributed by atoms with Crippen LogP contribution in [0.3, 0.4) is 0 Å². The number of halogens is 1. The molecule has 0 fully saturated rings. The maximum atomic E-state index is 11.3. The van der Waals surface area contributed by atoms with Crippen molar-refractivity contribution in [3.8, 4) is 0 Å². The Balaban J connectivity index is 2.18. The van der Waals surface area contributed by atoms with Crippen molar-refractivity contribution in [2.75, 3.05) is 7.11 Å². The molecule has 4 nitrogen and oxygen atoms in total. The molecule has 5 heteroatoms. The Hall–Kier alpha value is -0.840. The number of hydrogen-bond donors (Lipinski definition) is 0. The van der Waals surface area contributed by atoms with Crippen LogP contribution >= 0.6 is 15.9 Å². The molecule has 1 atom stereocenters. The maximum Gasteiger partial charge on any atom is 0.309 e. The van der Waals surface area contributed by atoms with Crippen molar-refractivity contribution in [1.82, 2.24) is 9.55 Å². The Labute approximate surface area is 90.4 Å². The molecule has 1 aliphatic rings. The van der Waals surface area contributed by atoms with E-state index in [2.05, 4.69) is 25.5 Å². The summed E-state index contributed by atoms with van der Waals surface area (Å²) in [6.07, 6.45) is 3.36. The van der Waals surface area contributed by atoms with Gasteiger partial charge in [0.1, 0.15) is 0 Å². The summed E-state index contributed by atoms with van der Waals surface area (Å²) in [4.78, 5) is 15.5. The van der Waals surface area contributed by atoms with Crippen molar-refractivity contribution < 1.29 is 9.53 Å². The number of carbonyl (C=O) groups excluding carboxylic acids is 1. The molecule has 0 saturated carbocycles. The van der Waals surface area contributed by atoms with E-state index in [1.165, 1.54) is 7.11 Å². The summed E-state index contributed by atoms with van der Waals surface area (Å²) in [5.41, 5.74) is 1.10. The quantitative estimate of drug-likeness (QED) is 0.716. The highest BCUT2D eigenvalue weighted by Crippen LogP contribution is 2.24. The van der Waals surface area contributed by atoms with Gasteiger partial charge in [-0.1, -0.05) is 0 Å². The van der Waals surface area contributed by atoms with Crippen LogP contribution < -0.4 is 0 Å². The van der Waals surface area contributed by atoms with Crippen LogP contribution in [-0.2, 0) is 22.5 Å². The van der Waals surface area contributed by atoms with Crippen LogP contribution in [0.1, 0.15) is 12.1 Å². The summed E-state index contributed by atoms with van der Waals surface area (Å²) in [7, 11) is 1.43. The molecule has 0 aromatic carbocycles. The van der Waals surface area contributed by atoms with E-state index < -0.39 is 0 Å². The van der Waals surface area contributed by atoms with Crippen molar-refractivity contribution in [2.24, 2.45) is 5.92 Å². The number of methoxy groups -OCH3 is 1. The molecule has 0 bridgehead atoms. The van der Waals surface area contributed by atoms with Crippen molar-refractivity contribution >= 4 is 21.9 Å². The highest BCUT2D eigenvalue weighted by Gasteiger charge is 2.26. The molecule has 0 N–H and O–H groups in total. The normalized spacial score (nSPS) is 20.3. The van der Waals surface area contributed by atoms with Crippen LogP contribution in [0, 0.1) is 5.92 Å². The number of esters is 1. The number of rotatable bonds is 1. The number of nitrogens with zero attached hydrogens (tertiary/aromatic N) is 2. The zero-order chi connectivity index (χ0) is 10.1. The molecule has 0 aliphatic carbocycles. The van der Waals surface area contributed by atoms with E-state index >= 15 is 0 Å². The molecule has 2 heterocycles. The number of carbonyl (C=O) groups is 1. The third kappa shape index (κ3) is 1.56. The number of imidazole rings is 1. The first kappa shape index (κ1) is 9.71. The third-order valence-corrected chi connectivity index (χ3v) is 3.21. The second-order valence-electron chi connectivity index (χ2n) is 3.38. The third-order valence-electron chi connectivity index (χ3n) is 2.58. The maximum absolute atomic E-state index is 11.3. The van der Waals surface area contributed by atoms with Crippen molar-refractivity contribution in [1.29, 1.82) is 0 Å². The lowest BCUT2D eigenvalue weighted by atomic mass is 9.96. The van der Waals surface area contributed by atoms with Gasteiger partial charge in [-0.2, -0.15) is 0 Å². The van der Waals surface area contributed by atoms with Crippen molar-refractivity contribution in [3.63, 3.8) is 0 Å². The first-order valence-electron chi connectivity index (χ1n) is 4.50. The Kier molecular flexibility index (Phi) is 2.58. The largest absolute Gasteiger partial charge is 0.469 e. The summed E-state index contributed by atoms with van der Waals surface area (Å²) in [5.74, 6) is -0.121. The first-order chi connectivity index (χ1) is 6.72. The number of hydrogen-bond acceptors (Lipinski definition) is 3. The SMILES string of the molecule is COC(=O)C1CCn2c(cnc2Br)C1. The standard InChI is InChI=1S/C9H11BrN2O2/c1-14-8(13)6-2-3-12-7(4-6)5-11-9(12)10/h5-6H,2-4H2,1H3. The molecule has 0 amide bonds. The second-order valence-corrected chi connectivity index (χ2v) is 4.09. The fraction of sp³-hybridized carbons (Fsp3) is 0.556. The van der Waals surface area contributed by atoms with Gasteiger partial charge in [-0.25, -0.2) is 4.98 Å². The van der Waals surface area contributed by atoms with E-state index in [-0.39, 0.29) is 11.9 Å². The van der Waals surface area contributed by atoms with Gasteiger partial charge >= 0.3 is 5.97 Å². The van der Waals surface area contributed by atoms with E-state index in [4.69, 9.17) is 4.74 Å². The molecular weight excluding hydrogens is 248 g/mol. The van der Waals surface area contributed by atoms with Gasteiger partial charge in [0.05, 0.1) is 13.0 Å². The molecule has 14 heavy (non-hydrogen) atoms. The molecule has 2 rings (SSSR count). The molecule has 1 aromatic heterocycles. The molecule has 1 aromatic rings. The highest BCUT2D eigenvalue weighted by atomic mass is 79.9. The summed E-state index contributed by atoms with van der Waals surface area (Å²) in [6.45, 7) is 0.829. The molecule has 0 saturated heterocycles. The molecule has 0 radical (unpaired) electrons. The lowest BCUT2D eigenvalue weighted by Crippen LogP contribution is -2.26. The van der Waals surface area contributed by atoms with Crippen LogP contribution in [0.5, 0.6) is 0 Å².